The summed E-state index contributed by atoms with van der Waals surface area (Å²) >= 11 is 6.04. The molecule has 1 aromatic carbocycles. The Labute approximate surface area is 96.1 Å². The summed E-state index contributed by atoms with van der Waals surface area (Å²) in [7, 11) is 1.99. The van der Waals surface area contributed by atoms with Crippen molar-refractivity contribution in [2.45, 2.75) is 25.8 Å². The lowest BCUT2D eigenvalue weighted by atomic mass is 9.87. The highest BCUT2D eigenvalue weighted by molar-refractivity contribution is 6.30. The molecule has 0 saturated carbocycles. The van der Waals surface area contributed by atoms with Gasteiger partial charge in [-0.3, -0.25) is 0 Å². The van der Waals surface area contributed by atoms with E-state index in [1.165, 1.54) is 16.7 Å². The fraction of sp³-hybridized carbons (Fsp3) is 0.385. The highest BCUT2D eigenvalue weighted by atomic mass is 35.5. The van der Waals surface area contributed by atoms with Crippen molar-refractivity contribution in [2.75, 3.05) is 7.05 Å². The number of rotatable bonds is 2. The third-order valence-electron chi connectivity index (χ3n) is 3.06. The van der Waals surface area contributed by atoms with E-state index in [1.54, 1.807) is 0 Å². The molecule has 1 aliphatic carbocycles. The number of benzene rings is 1. The number of likely N-dealkylation sites (N-methyl/N-ethyl adjacent to an activating group) is 1. The van der Waals surface area contributed by atoms with Crippen molar-refractivity contribution in [2.24, 2.45) is 0 Å². The quantitative estimate of drug-likeness (QED) is 0.808. The first-order valence-corrected chi connectivity index (χ1v) is 5.76. The standard InChI is InChI=1S/C13H16ClN/c1-9(15-2)12-5-3-4-10-6-7-11(14)8-13(10)12/h5-9,15H,3-4H2,1-2H3. The van der Waals surface area contributed by atoms with Crippen LogP contribution in [0.25, 0.3) is 5.57 Å². The van der Waals surface area contributed by atoms with Gasteiger partial charge < -0.3 is 5.32 Å². The Morgan fingerprint density at radius 1 is 1.40 bits per heavy atom. The minimum absolute atomic E-state index is 0.391. The topological polar surface area (TPSA) is 12.0 Å². The molecule has 1 aromatic rings. The van der Waals surface area contributed by atoms with Crippen LogP contribution >= 0.6 is 11.6 Å². The van der Waals surface area contributed by atoms with Crippen molar-refractivity contribution in [3.05, 3.63) is 40.4 Å². The van der Waals surface area contributed by atoms with Crippen LogP contribution in [-0.4, -0.2) is 13.1 Å². The van der Waals surface area contributed by atoms with E-state index < -0.39 is 0 Å². The average Bonchev–Trinajstić information content (AvgIpc) is 2.27. The summed E-state index contributed by atoms with van der Waals surface area (Å²) in [4.78, 5) is 0. The van der Waals surface area contributed by atoms with Gasteiger partial charge in [-0.05, 0) is 55.6 Å². The Morgan fingerprint density at radius 2 is 2.20 bits per heavy atom. The highest BCUT2D eigenvalue weighted by Gasteiger charge is 2.16. The van der Waals surface area contributed by atoms with E-state index in [9.17, 15) is 0 Å². The van der Waals surface area contributed by atoms with E-state index in [4.69, 9.17) is 11.6 Å². The van der Waals surface area contributed by atoms with Gasteiger partial charge in [0.15, 0.2) is 0 Å². The Kier molecular flexibility index (Phi) is 3.13. The summed E-state index contributed by atoms with van der Waals surface area (Å²) in [5.74, 6) is 0. The fourth-order valence-electron chi connectivity index (χ4n) is 2.09. The summed E-state index contributed by atoms with van der Waals surface area (Å²) in [6.07, 6.45) is 4.59. The summed E-state index contributed by atoms with van der Waals surface area (Å²) in [5.41, 5.74) is 4.11. The molecular weight excluding hydrogens is 206 g/mol. The molecule has 0 spiro atoms. The lowest BCUT2D eigenvalue weighted by Gasteiger charge is -2.22. The van der Waals surface area contributed by atoms with E-state index in [0.29, 0.717) is 6.04 Å². The maximum absolute atomic E-state index is 6.04. The second kappa shape index (κ2) is 4.38. The first kappa shape index (κ1) is 10.7. The molecule has 80 valence electrons. The number of aryl methyl sites for hydroxylation is 1. The first-order valence-electron chi connectivity index (χ1n) is 5.38. The Balaban J connectivity index is 2.44. The average molecular weight is 222 g/mol. The van der Waals surface area contributed by atoms with Crippen LogP contribution in [0.2, 0.25) is 5.02 Å². The zero-order valence-electron chi connectivity index (χ0n) is 9.18. The van der Waals surface area contributed by atoms with Crippen LogP contribution in [0.4, 0.5) is 0 Å². The molecule has 0 aliphatic heterocycles. The number of fused-ring (bicyclic) bond motifs is 1. The lowest BCUT2D eigenvalue weighted by Crippen LogP contribution is -2.24. The predicted molar refractivity (Wildman–Crippen MR) is 66.3 cm³/mol. The van der Waals surface area contributed by atoms with Gasteiger partial charge in [-0.2, -0.15) is 0 Å². The van der Waals surface area contributed by atoms with Crippen LogP contribution in [-0.2, 0) is 6.42 Å². The predicted octanol–water partition coefficient (Wildman–Crippen LogP) is 3.28. The van der Waals surface area contributed by atoms with Crippen LogP contribution in [0.1, 0.15) is 24.5 Å². The number of halogens is 1. The van der Waals surface area contributed by atoms with Crippen molar-refractivity contribution in [1.29, 1.82) is 0 Å². The third kappa shape index (κ3) is 2.09. The molecule has 0 amide bonds. The monoisotopic (exact) mass is 221 g/mol. The summed E-state index contributed by atoms with van der Waals surface area (Å²) < 4.78 is 0. The molecule has 1 N–H and O–H groups in total. The van der Waals surface area contributed by atoms with Crippen molar-refractivity contribution >= 4 is 17.2 Å². The maximum Gasteiger partial charge on any atom is 0.0412 e. The number of allylic oxidation sites excluding steroid dienone is 1. The van der Waals surface area contributed by atoms with E-state index in [1.807, 2.05) is 13.1 Å². The van der Waals surface area contributed by atoms with Crippen molar-refractivity contribution in [3.63, 3.8) is 0 Å². The van der Waals surface area contributed by atoms with Crippen molar-refractivity contribution < 1.29 is 0 Å². The normalized spacial score (nSPS) is 16.9. The number of hydrogen-bond acceptors (Lipinski definition) is 1. The Bertz CT molecular complexity index is 396. The second-order valence-electron chi connectivity index (χ2n) is 4.01. The third-order valence-corrected chi connectivity index (χ3v) is 3.30. The van der Waals surface area contributed by atoms with E-state index in [-0.39, 0.29) is 0 Å². The van der Waals surface area contributed by atoms with Gasteiger partial charge in [-0.25, -0.2) is 0 Å². The smallest absolute Gasteiger partial charge is 0.0412 e. The number of nitrogens with one attached hydrogen (secondary N) is 1. The van der Waals surface area contributed by atoms with Gasteiger partial charge in [0.25, 0.3) is 0 Å². The van der Waals surface area contributed by atoms with E-state index >= 15 is 0 Å². The zero-order valence-corrected chi connectivity index (χ0v) is 9.93. The Hall–Kier alpha value is -0.790. The van der Waals surface area contributed by atoms with Crippen molar-refractivity contribution in [1.82, 2.24) is 5.32 Å². The lowest BCUT2D eigenvalue weighted by molar-refractivity contribution is 0.736. The zero-order chi connectivity index (χ0) is 10.8. The van der Waals surface area contributed by atoms with Gasteiger partial charge in [-0.1, -0.05) is 23.7 Å². The first-order chi connectivity index (χ1) is 7.22. The maximum atomic E-state index is 6.04. The fourth-order valence-corrected chi connectivity index (χ4v) is 2.27. The molecule has 2 rings (SSSR count). The molecule has 0 heterocycles. The summed E-state index contributed by atoms with van der Waals surface area (Å²) in [5, 5.41) is 4.11. The second-order valence-corrected chi connectivity index (χ2v) is 4.45. The van der Waals surface area contributed by atoms with Crippen LogP contribution < -0.4 is 5.32 Å². The van der Waals surface area contributed by atoms with E-state index in [0.717, 1.165) is 17.9 Å². The molecule has 2 heteroatoms. The molecule has 0 radical (unpaired) electrons. The SMILES string of the molecule is CNC(C)C1=CCCc2ccc(Cl)cc21. The van der Waals surface area contributed by atoms with Gasteiger partial charge in [0.05, 0.1) is 0 Å². The Morgan fingerprint density at radius 3 is 2.93 bits per heavy atom. The van der Waals surface area contributed by atoms with Gasteiger partial charge in [-0.15, -0.1) is 0 Å². The molecule has 15 heavy (non-hydrogen) atoms. The minimum Gasteiger partial charge on any atom is -0.313 e. The molecule has 0 fully saturated rings. The molecule has 1 nitrogen and oxygen atoms in total. The summed E-state index contributed by atoms with van der Waals surface area (Å²) in [6.45, 7) is 2.18. The van der Waals surface area contributed by atoms with Gasteiger partial charge in [0.2, 0.25) is 0 Å². The van der Waals surface area contributed by atoms with Crippen LogP contribution in [0.5, 0.6) is 0 Å². The molecule has 0 saturated heterocycles. The van der Waals surface area contributed by atoms with Crippen molar-refractivity contribution in [3.8, 4) is 0 Å². The molecule has 0 bridgehead atoms. The number of hydrogen-bond donors (Lipinski definition) is 1. The molecule has 1 unspecified atom stereocenters. The minimum atomic E-state index is 0.391. The van der Waals surface area contributed by atoms with Crippen LogP contribution in [0.3, 0.4) is 0 Å². The van der Waals surface area contributed by atoms with Gasteiger partial charge >= 0.3 is 0 Å². The largest absolute Gasteiger partial charge is 0.313 e. The van der Waals surface area contributed by atoms with Crippen LogP contribution in [0, 0.1) is 0 Å². The molecule has 1 aliphatic rings. The molecule has 0 aromatic heterocycles. The molecular formula is C13H16ClN. The van der Waals surface area contributed by atoms with E-state index in [2.05, 4.69) is 30.4 Å². The van der Waals surface area contributed by atoms with Crippen LogP contribution in [0.15, 0.2) is 24.3 Å². The molecule has 1 atom stereocenters. The van der Waals surface area contributed by atoms with Gasteiger partial charge in [0.1, 0.15) is 0 Å². The summed E-state index contributed by atoms with van der Waals surface area (Å²) in [6, 6.07) is 6.60. The highest BCUT2D eigenvalue weighted by Crippen LogP contribution is 2.30. The van der Waals surface area contributed by atoms with Gasteiger partial charge in [0, 0.05) is 11.1 Å².